The van der Waals surface area contributed by atoms with Gasteiger partial charge < -0.3 is 15.4 Å². The number of carbonyl (C=O) groups is 2. The molecule has 152 valence electrons. The fourth-order valence-corrected chi connectivity index (χ4v) is 4.14. The Bertz CT molecular complexity index is 891. The molecule has 2 heterocycles. The molecule has 6 heteroatoms. The van der Waals surface area contributed by atoms with Gasteiger partial charge in [-0.2, -0.15) is 0 Å². The van der Waals surface area contributed by atoms with E-state index >= 15 is 0 Å². The number of aromatic nitrogens is 1. The highest BCUT2D eigenvalue weighted by atomic mass is 16.5. The number of hydrogen-bond donors (Lipinski definition) is 2. The minimum atomic E-state index is -0.262. The van der Waals surface area contributed by atoms with Gasteiger partial charge in [0.25, 0.3) is 11.8 Å². The lowest BCUT2D eigenvalue weighted by Crippen LogP contribution is -2.33. The third-order valence-electron chi connectivity index (χ3n) is 5.80. The van der Waals surface area contributed by atoms with E-state index in [1.54, 1.807) is 18.3 Å². The summed E-state index contributed by atoms with van der Waals surface area (Å²) in [6.45, 7) is 2.08. The van der Waals surface area contributed by atoms with Crippen molar-refractivity contribution in [3.05, 3.63) is 58.9 Å². The van der Waals surface area contributed by atoms with Crippen LogP contribution < -0.4 is 10.6 Å². The van der Waals surface area contributed by atoms with Crippen LogP contribution in [0.25, 0.3) is 0 Å². The smallest absolute Gasteiger partial charge is 0.272 e. The number of rotatable bonds is 5. The largest absolute Gasteiger partial charge is 0.381 e. The van der Waals surface area contributed by atoms with Crippen molar-refractivity contribution in [1.82, 2.24) is 10.3 Å². The van der Waals surface area contributed by atoms with Crippen LogP contribution in [0.2, 0.25) is 0 Å². The highest BCUT2D eigenvalue weighted by molar-refractivity contribution is 6.09. The number of pyridine rings is 1. The third-order valence-corrected chi connectivity index (χ3v) is 5.80. The minimum Gasteiger partial charge on any atom is -0.381 e. The van der Waals surface area contributed by atoms with Gasteiger partial charge in [0.15, 0.2) is 5.69 Å². The van der Waals surface area contributed by atoms with Crippen molar-refractivity contribution in [3.63, 3.8) is 0 Å². The van der Waals surface area contributed by atoms with Crippen molar-refractivity contribution in [3.8, 4) is 0 Å². The van der Waals surface area contributed by atoms with Gasteiger partial charge in [-0.15, -0.1) is 0 Å². The Hall–Kier alpha value is -2.73. The summed E-state index contributed by atoms with van der Waals surface area (Å²) in [5.41, 5.74) is 3.77. The normalized spacial score (nSPS) is 16.7. The summed E-state index contributed by atoms with van der Waals surface area (Å²) in [5, 5.41) is 5.88. The molecule has 0 unspecified atom stereocenters. The maximum absolute atomic E-state index is 13.0. The van der Waals surface area contributed by atoms with Crippen LogP contribution in [0.3, 0.4) is 0 Å². The number of aryl methyl sites for hydroxylation is 1. The summed E-state index contributed by atoms with van der Waals surface area (Å²) >= 11 is 0. The first-order valence-corrected chi connectivity index (χ1v) is 10.5. The summed E-state index contributed by atoms with van der Waals surface area (Å²) in [4.78, 5) is 29.9. The second-order valence-corrected chi connectivity index (χ2v) is 7.77. The Morgan fingerprint density at radius 1 is 1.03 bits per heavy atom. The second kappa shape index (κ2) is 9.18. The van der Waals surface area contributed by atoms with E-state index in [1.807, 2.05) is 12.1 Å². The van der Waals surface area contributed by atoms with Crippen molar-refractivity contribution < 1.29 is 14.3 Å². The molecule has 1 aliphatic heterocycles. The SMILES string of the molecule is O=C(Nc1cccnc1C(=O)NCC1CCOCC1)c1cccc2c1CCCC2. The molecule has 2 aliphatic rings. The zero-order chi connectivity index (χ0) is 20.1. The van der Waals surface area contributed by atoms with E-state index in [1.165, 1.54) is 5.56 Å². The Kier molecular flexibility index (Phi) is 6.20. The molecule has 0 spiro atoms. The highest BCUT2D eigenvalue weighted by Crippen LogP contribution is 2.25. The topological polar surface area (TPSA) is 80.3 Å². The van der Waals surface area contributed by atoms with Crippen molar-refractivity contribution >= 4 is 17.5 Å². The summed E-state index contributed by atoms with van der Waals surface area (Å²) < 4.78 is 5.36. The maximum Gasteiger partial charge on any atom is 0.272 e. The lowest BCUT2D eigenvalue weighted by Gasteiger charge is -2.22. The number of nitrogens with zero attached hydrogens (tertiary/aromatic N) is 1. The first kappa shape index (κ1) is 19.6. The molecule has 2 N–H and O–H groups in total. The average Bonchev–Trinajstić information content (AvgIpc) is 2.78. The van der Waals surface area contributed by atoms with Gasteiger partial charge in [-0.25, -0.2) is 4.98 Å². The van der Waals surface area contributed by atoms with Crippen LogP contribution in [0.4, 0.5) is 5.69 Å². The Labute approximate surface area is 171 Å². The van der Waals surface area contributed by atoms with Gasteiger partial charge in [0.05, 0.1) is 5.69 Å². The number of hydrogen-bond acceptors (Lipinski definition) is 4. The molecular weight excluding hydrogens is 366 g/mol. The van der Waals surface area contributed by atoms with Crippen LogP contribution in [0.1, 0.15) is 57.7 Å². The van der Waals surface area contributed by atoms with E-state index < -0.39 is 0 Å². The first-order valence-electron chi connectivity index (χ1n) is 10.5. The molecule has 1 aliphatic carbocycles. The molecule has 2 aromatic rings. The summed E-state index contributed by atoms with van der Waals surface area (Å²) in [6, 6.07) is 9.35. The number of nitrogens with one attached hydrogen (secondary N) is 2. The molecule has 0 saturated carbocycles. The number of fused-ring (bicyclic) bond motifs is 1. The maximum atomic E-state index is 13.0. The Morgan fingerprint density at radius 2 is 1.86 bits per heavy atom. The minimum absolute atomic E-state index is 0.185. The summed E-state index contributed by atoms with van der Waals surface area (Å²) in [5.74, 6) is -0.0250. The van der Waals surface area contributed by atoms with Crippen LogP contribution in [-0.2, 0) is 17.6 Å². The quantitative estimate of drug-likeness (QED) is 0.816. The number of amides is 2. The van der Waals surface area contributed by atoms with Gasteiger partial charge >= 0.3 is 0 Å². The van der Waals surface area contributed by atoms with Gasteiger partial charge in [0.1, 0.15) is 0 Å². The van der Waals surface area contributed by atoms with Crippen LogP contribution in [0.5, 0.6) is 0 Å². The fourth-order valence-electron chi connectivity index (χ4n) is 4.14. The van der Waals surface area contributed by atoms with Crippen molar-refractivity contribution in [2.24, 2.45) is 5.92 Å². The standard InChI is InChI=1S/C23H27N3O3/c27-22(19-8-3-6-17-5-1-2-7-18(17)19)26-20-9-4-12-24-21(20)23(28)25-15-16-10-13-29-14-11-16/h3-4,6,8-9,12,16H,1-2,5,7,10-11,13-15H2,(H,25,28)(H,26,27). The van der Waals surface area contributed by atoms with Crippen LogP contribution in [0.15, 0.2) is 36.5 Å². The predicted molar refractivity (Wildman–Crippen MR) is 111 cm³/mol. The van der Waals surface area contributed by atoms with E-state index in [0.717, 1.165) is 57.3 Å². The molecular formula is C23H27N3O3. The second-order valence-electron chi connectivity index (χ2n) is 7.77. The monoisotopic (exact) mass is 393 g/mol. The molecule has 0 bridgehead atoms. The van der Waals surface area contributed by atoms with Crippen LogP contribution in [-0.4, -0.2) is 36.6 Å². The molecule has 29 heavy (non-hydrogen) atoms. The zero-order valence-corrected chi connectivity index (χ0v) is 16.6. The average molecular weight is 393 g/mol. The molecule has 4 rings (SSSR count). The van der Waals surface area contributed by atoms with E-state index in [2.05, 4.69) is 21.7 Å². The number of anilines is 1. The molecule has 6 nitrogen and oxygen atoms in total. The fraction of sp³-hybridized carbons (Fsp3) is 0.435. The molecule has 1 aromatic carbocycles. The van der Waals surface area contributed by atoms with E-state index in [0.29, 0.717) is 23.7 Å². The van der Waals surface area contributed by atoms with Crippen molar-refractivity contribution in [2.75, 3.05) is 25.1 Å². The Morgan fingerprint density at radius 3 is 2.72 bits per heavy atom. The van der Waals surface area contributed by atoms with Gasteiger partial charge in [-0.3, -0.25) is 9.59 Å². The lowest BCUT2D eigenvalue weighted by molar-refractivity contribution is 0.0642. The molecule has 1 saturated heterocycles. The lowest BCUT2D eigenvalue weighted by atomic mass is 9.88. The summed E-state index contributed by atoms with van der Waals surface area (Å²) in [6.07, 6.45) is 7.68. The zero-order valence-electron chi connectivity index (χ0n) is 16.6. The Balaban J connectivity index is 1.47. The molecule has 1 fully saturated rings. The van der Waals surface area contributed by atoms with E-state index in [-0.39, 0.29) is 17.5 Å². The molecule has 0 atom stereocenters. The van der Waals surface area contributed by atoms with Crippen LogP contribution in [0, 0.1) is 5.92 Å². The third kappa shape index (κ3) is 4.65. The number of benzene rings is 1. The molecule has 2 amide bonds. The number of ether oxygens (including phenoxy) is 1. The van der Waals surface area contributed by atoms with E-state index in [9.17, 15) is 9.59 Å². The number of carbonyl (C=O) groups excluding carboxylic acids is 2. The van der Waals surface area contributed by atoms with Gasteiger partial charge in [-0.1, -0.05) is 12.1 Å². The van der Waals surface area contributed by atoms with Crippen LogP contribution >= 0.6 is 0 Å². The first-order chi connectivity index (χ1) is 14.2. The molecule has 1 aromatic heterocycles. The van der Waals surface area contributed by atoms with Crippen molar-refractivity contribution in [1.29, 1.82) is 0 Å². The van der Waals surface area contributed by atoms with Gasteiger partial charge in [0.2, 0.25) is 0 Å². The van der Waals surface area contributed by atoms with Gasteiger partial charge in [0, 0.05) is 31.5 Å². The van der Waals surface area contributed by atoms with Gasteiger partial charge in [-0.05, 0) is 73.8 Å². The highest BCUT2D eigenvalue weighted by Gasteiger charge is 2.21. The predicted octanol–water partition coefficient (Wildman–Crippen LogP) is 3.37. The summed E-state index contributed by atoms with van der Waals surface area (Å²) in [7, 11) is 0. The van der Waals surface area contributed by atoms with E-state index in [4.69, 9.17) is 4.74 Å². The van der Waals surface area contributed by atoms with Crippen molar-refractivity contribution in [2.45, 2.75) is 38.5 Å². The molecule has 0 radical (unpaired) electrons.